The van der Waals surface area contributed by atoms with E-state index in [0.717, 1.165) is 29.7 Å². The lowest BCUT2D eigenvalue weighted by molar-refractivity contribution is -0.116. The van der Waals surface area contributed by atoms with Gasteiger partial charge < -0.3 is 5.32 Å². The molecular weight excluding hydrogens is 395 g/mol. The minimum Gasteiger partial charge on any atom is -0.328 e. The number of anilines is 1. The first kappa shape index (κ1) is 17.5. The first-order chi connectivity index (χ1) is 13.6. The third-order valence-electron chi connectivity index (χ3n) is 5.18. The molecule has 5 rings (SSSR count). The van der Waals surface area contributed by atoms with Crippen LogP contribution in [-0.2, 0) is 4.79 Å². The molecule has 1 aliphatic heterocycles. The van der Waals surface area contributed by atoms with E-state index < -0.39 is 6.04 Å². The maximum absolute atomic E-state index is 12.9. The van der Waals surface area contributed by atoms with Crippen LogP contribution in [0.1, 0.15) is 30.9 Å². The van der Waals surface area contributed by atoms with Crippen molar-refractivity contribution in [3.63, 3.8) is 0 Å². The number of hydrogen-bond acceptors (Lipinski definition) is 4. The second-order valence-electron chi connectivity index (χ2n) is 6.91. The van der Waals surface area contributed by atoms with Gasteiger partial charge >= 0.3 is 0 Å². The van der Waals surface area contributed by atoms with E-state index in [9.17, 15) is 4.79 Å². The van der Waals surface area contributed by atoms with Gasteiger partial charge in [0.1, 0.15) is 6.04 Å². The lowest BCUT2D eigenvalue weighted by atomic mass is 9.85. The van der Waals surface area contributed by atoms with E-state index >= 15 is 0 Å². The fourth-order valence-corrected chi connectivity index (χ4v) is 4.30. The molecule has 3 aromatic rings. The average Bonchev–Trinajstić information content (AvgIpc) is 3.13. The van der Waals surface area contributed by atoms with E-state index in [-0.39, 0.29) is 5.78 Å². The molecule has 1 aliphatic carbocycles. The van der Waals surface area contributed by atoms with Crippen molar-refractivity contribution in [2.45, 2.75) is 25.3 Å². The van der Waals surface area contributed by atoms with Crippen molar-refractivity contribution in [3.05, 3.63) is 75.4 Å². The average molecular weight is 411 g/mol. The maximum Gasteiger partial charge on any atom is 0.226 e. The van der Waals surface area contributed by atoms with Gasteiger partial charge in [0.15, 0.2) is 11.6 Å². The molecule has 1 unspecified atom stereocenters. The van der Waals surface area contributed by atoms with Gasteiger partial charge in [-0.1, -0.05) is 65.7 Å². The lowest BCUT2D eigenvalue weighted by Crippen LogP contribution is -2.31. The zero-order chi connectivity index (χ0) is 19.3. The van der Waals surface area contributed by atoms with Gasteiger partial charge in [0.05, 0.1) is 10.0 Å². The maximum atomic E-state index is 12.9. The molecule has 2 aromatic carbocycles. The van der Waals surface area contributed by atoms with E-state index in [2.05, 4.69) is 10.3 Å². The number of aromatic nitrogens is 3. The minimum absolute atomic E-state index is 0.109. The molecule has 0 saturated heterocycles. The number of rotatable bonds is 2. The number of Topliss-reactive ketones (excluding diaryl/α,β-unsaturated/α-hetero) is 1. The van der Waals surface area contributed by atoms with Gasteiger partial charge in [0, 0.05) is 28.8 Å². The Morgan fingerprint density at radius 3 is 2.68 bits per heavy atom. The van der Waals surface area contributed by atoms with E-state index in [1.807, 2.05) is 42.5 Å². The van der Waals surface area contributed by atoms with E-state index in [4.69, 9.17) is 28.3 Å². The van der Waals surface area contributed by atoms with Gasteiger partial charge in [-0.15, -0.1) is 5.10 Å². The van der Waals surface area contributed by atoms with Crippen LogP contribution in [-0.4, -0.2) is 20.5 Å². The van der Waals surface area contributed by atoms with Crippen molar-refractivity contribution in [3.8, 4) is 11.4 Å². The third kappa shape index (κ3) is 2.74. The summed E-state index contributed by atoms with van der Waals surface area (Å²) in [7, 11) is 0. The molecule has 1 N–H and O–H groups in total. The van der Waals surface area contributed by atoms with Gasteiger partial charge in [-0.2, -0.15) is 4.98 Å². The Kier molecular flexibility index (Phi) is 4.22. The number of nitrogens with zero attached hydrogens (tertiary/aromatic N) is 3. The number of ketones is 1. The molecule has 0 fully saturated rings. The number of halogens is 2. The van der Waals surface area contributed by atoms with Crippen LogP contribution in [0.5, 0.6) is 0 Å². The molecule has 0 saturated carbocycles. The summed E-state index contributed by atoms with van der Waals surface area (Å²) in [4.78, 5) is 17.5. The molecule has 1 aromatic heterocycles. The number of hydrogen-bond donors (Lipinski definition) is 1. The highest BCUT2D eigenvalue weighted by Gasteiger charge is 2.38. The first-order valence-corrected chi connectivity index (χ1v) is 9.88. The van der Waals surface area contributed by atoms with Crippen molar-refractivity contribution >= 4 is 34.9 Å². The van der Waals surface area contributed by atoms with Gasteiger partial charge in [0.25, 0.3) is 0 Å². The summed E-state index contributed by atoms with van der Waals surface area (Å²) in [6.45, 7) is 0. The fourth-order valence-electron chi connectivity index (χ4n) is 3.88. The molecule has 140 valence electrons. The summed E-state index contributed by atoms with van der Waals surface area (Å²) in [6.07, 6.45) is 2.13. The number of benzene rings is 2. The molecule has 7 heteroatoms. The Balaban J connectivity index is 1.73. The zero-order valence-electron chi connectivity index (χ0n) is 14.8. The minimum atomic E-state index is -0.449. The van der Waals surface area contributed by atoms with Crippen LogP contribution in [0.25, 0.3) is 11.4 Å². The second-order valence-corrected chi connectivity index (χ2v) is 7.69. The Labute approximate surface area is 172 Å². The number of fused-ring (bicyclic) bond motifs is 1. The molecular formula is C21H16Cl2N4O. The molecule has 0 bridgehead atoms. The molecule has 0 radical (unpaired) electrons. The normalized spacial score (nSPS) is 18.5. The Bertz CT molecular complexity index is 1120. The van der Waals surface area contributed by atoms with E-state index in [1.54, 1.807) is 10.7 Å². The number of carbonyl (C=O) groups is 1. The molecule has 1 atom stereocenters. The van der Waals surface area contributed by atoms with Gasteiger partial charge in [0.2, 0.25) is 5.95 Å². The number of nitrogens with one attached hydrogen (secondary N) is 1. The van der Waals surface area contributed by atoms with Crippen LogP contribution in [0, 0.1) is 0 Å². The summed E-state index contributed by atoms with van der Waals surface area (Å²) in [6, 6.07) is 14.8. The topological polar surface area (TPSA) is 59.8 Å². The Morgan fingerprint density at radius 1 is 1.04 bits per heavy atom. The molecule has 0 spiro atoms. The molecule has 28 heavy (non-hydrogen) atoms. The predicted octanol–water partition coefficient (Wildman–Crippen LogP) is 5.27. The largest absolute Gasteiger partial charge is 0.328 e. The standard InChI is InChI=1S/C21H16Cl2N4O/c22-14-9-4-8-13(18(14)23)19-17-15(10-5-11-16(17)28)24-21-25-20(26-27(19)21)12-6-2-1-3-7-12/h1-4,6-9,19H,5,10-11H2,(H,24,25,26). The summed E-state index contributed by atoms with van der Waals surface area (Å²) < 4.78 is 1.75. The highest BCUT2D eigenvalue weighted by Crippen LogP contribution is 2.43. The van der Waals surface area contributed by atoms with Crippen LogP contribution in [0.3, 0.4) is 0 Å². The highest BCUT2D eigenvalue weighted by molar-refractivity contribution is 6.42. The van der Waals surface area contributed by atoms with E-state index in [0.29, 0.717) is 33.8 Å². The summed E-state index contributed by atoms with van der Waals surface area (Å²) in [5, 5.41) is 8.94. The van der Waals surface area contributed by atoms with Crippen LogP contribution in [0.2, 0.25) is 10.0 Å². The third-order valence-corrected chi connectivity index (χ3v) is 6.01. The molecule has 5 nitrogen and oxygen atoms in total. The van der Waals surface area contributed by atoms with Crippen molar-refractivity contribution in [2.24, 2.45) is 0 Å². The fraction of sp³-hybridized carbons (Fsp3) is 0.190. The number of carbonyl (C=O) groups excluding carboxylic acids is 1. The van der Waals surface area contributed by atoms with E-state index in [1.165, 1.54) is 0 Å². The monoisotopic (exact) mass is 410 g/mol. The van der Waals surface area contributed by atoms with Crippen LogP contribution < -0.4 is 5.32 Å². The van der Waals surface area contributed by atoms with Gasteiger partial charge in [-0.3, -0.25) is 4.79 Å². The second kappa shape index (κ2) is 6.76. The first-order valence-electron chi connectivity index (χ1n) is 9.12. The van der Waals surface area contributed by atoms with Crippen LogP contribution in [0.15, 0.2) is 59.8 Å². The zero-order valence-corrected chi connectivity index (χ0v) is 16.3. The van der Waals surface area contributed by atoms with Crippen molar-refractivity contribution < 1.29 is 4.79 Å². The molecule has 2 aliphatic rings. The van der Waals surface area contributed by atoms with Crippen molar-refractivity contribution in [1.29, 1.82) is 0 Å². The predicted molar refractivity (Wildman–Crippen MR) is 110 cm³/mol. The van der Waals surface area contributed by atoms with Crippen LogP contribution >= 0.6 is 23.2 Å². The van der Waals surface area contributed by atoms with Gasteiger partial charge in [-0.25, -0.2) is 4.68 Å². The van der Waals surface area contributed by atoms with Crippen LogP contribution in [0.4, 0.5) is 5.95 Å². The van der Waals surface area contributed by atoms with Gasteiger partial charge in [-0.05, 0) is 18.9 Å². The lowest BCUT2D eigenvalue weighted by Gasteiger charge is -2.32. The van der Waals surface area contributed by atoms with Crippen molar-refractivity contribution in [2.75, 3.05) is 5.32 Å². The summed E-state index contributed by atoms with van der Waals surface area (Å²) >= 11 is 12.8. The quantitative estimate of drug-likeness (QED) is 0.624. The SMILES string of the molecule is O=C1CCCC2=C1C(c1cccc(Cl)c1Cl)n1nc(-c3ccccc3)nc1N2. The summed E-state index contributed by atoms with van der Waals surface area (Å²) in [5.41, 5.74) is 3.26. The smallest absolute Gasteiger partial charge is 0.226 e. The highest BCUT2D eigenvalue weighted by atomic mass is 35.5. The summed E-state index contributed by atoms with van der Waals surface area (Å²) in [5.74, 6) is 1.31. The molecule has 0 amide bonds. The number of allylic oxidation sites excluding steroid dienone is 2. The Morgan fingerprint density at radius 2 is 1.86 bits per heavy atom. The van der Waals surface area contributed by atoms with Crippen molar-refractivity contribution in [1.82, 2.24) is 14.8 Å². The molecule has 2 heterocycles. The Hall–Kier alpha value is -2.63.